The molecule has 2 aromatic carbocycles. The number of hydrogen-bond donors (Lipinski definition) is 3. The molecule has 0 atom stereocenters. The van der Waals surface area contributed by atoms with E-state index in [1.165, 1.54) is 6.07 Å². The zero-order valence-electron chi connectivity index (χ0n) is 13.3. The highest BCUT2D eigenvalue weighted by atomic mass is 16.6. The van der Waals surface area contributed by atoms with Gasteiger partial charge in [-0.25, -0.2) is 4.79 Å². The lowest BCUT2D eigenvalue weighted by Gasteiger charge is -2.29. The number of benzene rings is 2. The molecule has 2 aromatic rings. The Morgan fingerprint density at radius 1 is 1.00 bits per heavy atom. The predicted molar refractivity (Wildman–Crippen MR) is 91.3 cm³/mol. The van der Waals surface area contributed by atoms with Crippen LogP contribution in [0, 0.1) is 0 Å². The minimum atomic E-state index is -0.433. The maximum atomic E-state index is 11.9. The molecule has 24 heavy (non-hydrogen) atoms. The zero-order valence-corrected chi connectivity index (χ0v) is 13.3. The second-order valence-corrected chi connectivity index (χ2v) is 6.11. The van der Waals surface area contributed by atoms with Crippen molar-refractivity contribution in [2.24, 2.45) is 0 Å². The van der Waals surface area contributed by atoms with E-state index in [1.54, 1.807) is 12.1 Å². The van der Waals surface area contributed by atoms with Crippen molar-refractivity contribution in [1.82, 2.24) is 0 Å². The zero-order chi connectivity index (χ0) is 16.9. The van der Waals surface area contributed by atoms with E-state index in [2.05, 4.69) is 5.32 Å². The number of phenolic OH excluding ortho intramolecular Hbond substituents is 2. The number of anilines is 1. The highest BCUT2D eigenvalue weighted by molar-refractivity contribution is 5.84. The average Bonchev–Trinajstić information content (AvgIpc) is 2.57. The van der Waals surface area contributed by atoms with Gasteiger partial charge in [-0.15, -0.1) is 0 Å². The summed E-state index contributed by atoms with van der Waals surface area (Å²) < 4.78 is 5.48. The third-order valence-corrected chi connectivity index (χ3v) is 4.42. The molecule has 5 nitrogen and oxygen atoms in total. The largest absolute Gasteiger partial charge is 0.508 e. The van der Waals surface area contributed by atoms with Crippen LogP contribution >= 0.6 is 0 Å². The van der Waals surface area contributed by atoms with E-state index in [9.17, 15) is 15.0 Å². The number of carbonyl (C=O) groups is 1. The molecule has 1 aliphatic carbocycles. The van der Waals surface area contributed by atoms with Gasteiger partial charge < -0.3 is 14.9 Å². The van der Waals surface area contributed by atoms with Gasteiger partial charge in [-0.1, -0.05) is 24.3 Å². The number of ether oxygens (including phenoxy) is 1. The van der Waals surface area contributed by atoms with Gasteiger partial charge in [0.05, 0.1) is 0 Å². The second kappa shape index (κ2) is 7.25. The summed E-state index contributed by atoms with van der Waals surface area (Å²) in [6.45, 7) is 0. The lowest BCUT2D eigenvalue weighted by molar-refractivity contribution is 0.0820. The summed E-state index contributed by atoms with van der Waals surface area (Å²) >= 11 is 0. The predicted octanol–water partition coefficient (Wildman–Crippen LogP) is 4.37. The molecule has 0 bridgehead atoms. The summed E-state index contributed by atoms with van der Waals surface area (Å²) in [5.41, 5.74) is 1.56. The molecule has 1 amide bonds. The maximum absolute atomic E-state index is 11.9. The van der Waals surface area contributed by atoms with Gasteiger partial charge in [0.15, 0.2) is 0 Å². The highest BCUT2D eigenvalue weighted by Crippen LogP contribution is 2.39. The van der Waals surface area contributed by atoms with Gasteiger partial charge >= 0.3 is 6.09 Å². The van der Waals surface area contributed by atoms with Crippen LogP contribution in [0.2, 0.25) is 0 Å². The summed E-state index contributed by atoms with van der Waals surface area (Å²) in [5.74, 6) is 0.412. The monoisotopic (exact) mass is 327 g/mol. The van der Waals surface area contributed by atoms with E-state index < -0.39 is 6.09 Å². The number of hydrogen-bond acceptors (Lipinski definition) is 4. The topological polar surface area (TPSA) is 78.8 Å². The molecule has 3 N–H and O–H groups in total. The van der Waals surface area contributed by atoms with Crippen LogP contribution in [0.3, 0.4) is 0 Å². The molecule has 0 aromatic heterocycles. The van der Waals surface area contributed by atoms with Crippen LogP contribution in [0.1, 0.15) is 37.2 Å². The Morgan fingerprint density at radius 2 is 1.71 bits per heavy atom. The molecule has 5 heteroatoms. The minimum absolute atomic E-state index is 0.0610. The summed E-state index contributed by atoms with van der Waals surface area (Å²) in [6, 6.07) is 13.9. The Bertz CT molecular complexity index is 694. The van der Waals surface area contributed by atoms with E-state index >= 15 is 0 Å². The number of para-hydroxylation sites is 1. The lowest BCUT2D eigenvalue weighted by Crippen LogP contribution is -2.26. The summed E-state index contributed by atoms with van der Waals surface area (Å²) in [4.78, 5) is 11.9. The van der Waals surface area contributed by atoms with E-state index in [0.717, 1.165) is 31.2 Å². The number of aromatic hydroxyl groups is 2. The van der Waals surface area contributed by atoms with Crippen LogP contribution in [-0.4, -0.2) is 22.4 Å². The van der Waals surface area contributed by atoms with Gasteiger partial charge in [0.2, 0.25) is 0 Å². The van der Waals surface area contributed by atoms with Crippen LogP contribution in [0.15, 0.2) is 48.5 Å². The first-order valence-corrected chi connectivity index (χ1v) is 8.16. The standard InChI is InChI=1S/C19H21NO4/c21-15-8-11-17(18(22)12-15)13-6-9-16(10-7-13)24-19(23)20-14-4-2-1-3-5-14/h1-5,8,11-13,16,21-22H,6-7,9-10H2,(H,20,23). The summed E-state index contributed by atoms with van der Waals surface area (Å²) in [6.07, 6.45) is 2.64. The fourth-order valence-electron chi connectivity index (χ4n) is 3.19. The van der Waals surface area contributed by atoms with Crippen LogP contribution in [0.4, 0.5) is 10.5 Å². The van der Waals surface area contributed by atoms with Gasteiger partial charge in [-0.2, -0.15) is 0 Å². The Morgan fingerprint density at radius 3 is 2.38 bits per heavy atom. The van der Waals surface area contributed by atoms with Gasteiger partial charge in [0, 0.05) is 11.8 Å². The SMILES string of the molecule is O=C(Nc1ccccc1)OC1CCC(c2ccc(O)cc2O)CC1. The Hall–Kier alpha value is -2.69. The normalized spacial score (nSPS) is 20.3. The molecule has 3 rings (SSSR count). The third kappa shape index (κ3) is 3.98. The quantitative estimate of drug-likeness (QED) is 0.782. The van der Waals surface area contributed by atoms with E-state index in [-0.39, 0.29) is 23.5 Å². The van der Waals surface area contributed by atoms with Crippen LogP contribution < -0.4 is 5.32 Å². The number of phenols is 2. The Kier molecular flexibility index (Phi) is 4.89. The molecular formula is C19H21NO4. The number of nitrogens with one attached hydrogen (secondary N) is 1. The van der Waals surface area contributed by atoms with Crippen molar-refractivity contribution in [1.29, 1.82) is 0 Å². The Labute approximate surface area is 140 Å². The van der Waals surface area contributed by atoms with Gasteiger partial charge in [-0.3, -0.25) is 5.32 Å². The van der Waals surface area contributed by atoms with E-state index in [4.69, 9.17) is 4.74 Å². The molecule has 0 unspecified atom stereocenters. The first-order valence-electron chi connectivity index (χ1n) is 8.16. The van der Waals surface area contributed by atoms with E-state index in [0.29, 0.717) is 5.69 Å². The van der Waals surface area contributed by atoms with Crippen LogP contribution in [0.25, 0.3) is 0 Å². The molecule has 0 saturated heterocycles. The average molecular weight is 327 g/mol. The first kappa shape index (κ1) is 16.2. The summed E-state index contributed by atoms with van der Waals surface area (Å²) in [7, 11) is 0. The van der Waals surface area contributed by atoms with Gasteiger partial charge in [0.1, 0.15) is 17.6 Å². The molecule has 1 fully saturated rings. The van der Waals surface area contributed by atoms with Crippen molar-refractivity contribution >= 4 is 11.8 Å². The van der Waals surface area contributed by atoms with Crippen LogP contribution in [-0.2, 0) is 4.74 Å². The number of carbonyl (C=O) groups excluding carboxylic acids is 1. The van der Waals surface area contributed by atoms with Gasteiger partial charge in [-0.05, 0) is 55.4 Å². The van der Waals surface area contributed by atoms with Crippen molar-refractivity contribution < 1.29 is 19.7 Å². The molecule has 0 aliphatic heterocycles. The molecular weight excluding hydrogens is 306 g/mol. The molecule has 0 spiro atoms. The fraction of sp³-hybridized carbons (Fsp3) is 0.316. The van der Waals surface area contributed by atoms with Crippen LogP contribution in [0.5, 0.6) is 11.5 Å². The molecule has 1 aliphatic rings. The molecule has 0 radical (unpaired) electrons. The number of rotatable bonds is 3. The lowest BCUT2D eigenvalue weighted by atomic mass is 9.82. The number of amides is 1. The third-order valence-electron chi connectivity index (χ3n) is 4.42. The first-order chi connectivity index (χ1) is 11.6. The van der Waals surface area contributed by atoms with Crippen molar-refractivity contribution in [3.05, 3.63) is 54.1 Å². The van der Waals surface area contributed by atoms with Crippen molar-refractivity contribution in [2.45, 2.75) is 37.7 Å². The minimum Gasteiger partial charge on any atom is -0.508 e. The maximum Gasteiger partial charge on any atom is 0.411 e. The Balaban J connectivity index is 1.51. The second-order valence-electron chi connectivity index (χ2n) is 6.11. The summed E-state index contributed by atoms with van der Waals surface area (Å²) in [5, 5.41) is 22.1. The molecule has 0 heterocycles. The highest BCUT2D eigenvalue weighted by Gasteiger charge is 2.26. The van der Waals surface area contributed by atoms with Crippen molar-refractivity contribution in [3.63, 3.8) is 0 Å². The van der Waals surface area contributed by atoms with E-state index in [1.807, 2.05) is 30.3 Å². The smallest absolute Gasteiger partial charge is 0.411 e. The van der Waals surface area contributed by atoms with Crippen molar-refractivity contribution in [3.8, 4) is 11.5 Å². The molecule has 1 saturated carbocycles. The molecule has 126 valence electrons. The fourth-order valence-corrected chi connectivity index (χ4v) is 3.19. The van der Waals surface area contributed by atoms with Gasteiger partial charge in [0.25, 0.3) is 0 Å². The van der Waals surface area contributed by atoms with Crippen molar-refractivity contribution in [2.75, 3.05) is 5.32 Å².